The van der Waals surface area contributed by atoms with Crippen LogP contribution in [0.15, 0.2) is 5.38 Å². The monoisotopic (exact) mass is 349 g/mol. The summed E-state index contributed by atoms with van der Waals surface area (Å²) in [7, 11) is 0. The smallest absolute Gasteiger partial charge is 0.229 e. The third-order valence-corrected chi connectivity index (χ3v) is 5.97. The van der Waals surface area contributed by atoms with E-state index in [1.54, 1.807) is 0 Å². The Morgan fingerprint density at radius 3 is 2.54 bits per heavy atom. The van der Waals surface area contributed by atoms with E-state index in [1.165, 1.54) is 43.4 Å². The number of amides is 2. The van der Waals surface area contributed by atoms with Gasteiger partial charge in [-0.3, -0.25) is 9.59 Å². The van der Waals surface area contributed by atoms with Gasteiger partial charge in [-0.2, -0.15) is 0 Å². The molecule has 0 bridgehead atoms. The molecule has 5 nitrogen and oxygen atoms in total. The van der Waals surface area contributed by atoms with Crippen molar-refractivity contribution in [2.45, 2.75) is 64.2 Å². The maximum Gasteiger partial charge on any atom is 0.229 e. The Labute approximate surface area is 147 Å². The summed E-state index contributed by atoms with van der Waals surface area (Å²) in [5, 5.41) is 8.41. The van der Waals surface area contributed by atoms with E-state index in [1.807, 2.05) is 5.38 Å². The molecule has 1 heterocycles. The quantitative estimate of drug-likeness (QED) is 0.825. The SMILES string of the molecule is O=C(Cc1csc(NC(=O)C2CCCC2)n1)NCC1CCCCC1. The van der Waals surface area contributed by atoms with Gasteiger partial charge in [-0.25, -0.2) is 4.98 Å². The van der Waals surface area contributed by atoms with E-state index < -0.39 is 0 Å². The summed E-state index contributed by atoms with van der Waals surface area (Å²) in [4.78, 5) is 28.5. The molecule has 2 saturated carbocycles. The van der Waals surface area contributed by atoms with Crippen molar-refractivity contribution in [1.29, 1.82) is 0 Å². The first-order valence-corrected chi connectivity index (χ1v) is 10.1. The lowest BCUT2D eigenvalue weighted by atomic mass is 9.89. The van der Waals surface area contributed by atoms with E-state index in [9.17, 15) is 9.59 Å². The minimum absolute atomic E-state index is 0.0274. The molecule has 132 valence electrons. The summed E-state index contributed by atoms with van der Waals surface area (Å²) in [6, 6.07) is 0. The van der Waals surface area contributed by atoms with Crippen molar-refractivity contribution >= 4 is 28.3 Å². The zero-order chi connectivity index (χ0) is 16.8. The number of aromatic nitrogens is 1. The van der Waals surface area contributed by atoms with Gasteiger partial charge in [0, 0.05) is 17.8 Å². The fourth-order valence-electron chi connectivity index (χ4n) is 3.72. The van der Waals surface area contributed by atoms with Crippen molar-refractivity contribution in [2.75, 3.05) is 11.9 Å². The summed E-state index contributed by atoms with van der Waals surface area (Å²) in [5.41, 5.74) is 0.739. The predicted molar refractivity (Wildman–Crippen MR) is 96.0 cm³/mol. The lowest BCUT2D eigenvalue weighted by Crippen LogP contribution is -2.31. The van der Waals surface area contributed by atoms with Crippen molar-refractivity contribution in [3.8, 4) is 0 Å². The molecule has 2 N–H and O–H groups in total. The molecule has 3 rings (SSSR count). The molecule has 0 atom stereocenters. The number of nitrogens with one attached hydrogen (secondary N) is 2. The lowest BCUT2D eigenvalue weighted by molar-refractivity contribution is -0.121. The van der Waals surface area contributed by atoms with Gasteiger partial charge in [0.15, 0.2) is 5.13 Å². The van der Waals surface area contributed by atoms with Gasteiger partial charge in [0.25, 0.3) is 0 Å². The molecule has 0 radical (unpaired) electrons. The molecule has 2 aliphatic rings. The number of anilines is 1. The number of hydrogen-bond donors (Lipinski definition) is 2. The normalized spacial score (nSPS) is 19.3. The maximum absolute atomic E-state index is 12.1. The van der Waals surface area contributed by atoms with Crippen LogP contribution in [0.3, 0.4) is 0 Å². The Bertz CT molecular complexity index is 560. The van der Waals surface area contributed by atoms with Crippen LogP contribution >= 0.6 is 11.3 Å². The second-order valence-corrected chi connectivity index (χ2v) is 7.96. The van der Waals surface area contributed by atoms with Crippen molar-refractivity contribution in [3.05, 3.63) is 11.1 Å². The van der Waals surface area contributed by atoms with Gasteiger partial charge in [0.1, 0.15) is 0 Å². The number of rotatable bonds is 6. The molecular weight excluding hydrogens is 322 g/mol. The fourth-order valence-corrected chi connectivity index (χ4v) is 4.43. The minimum Gasteiger partial charge on any atom is -0.355 e. The summed E-state index contributed by atoms with van der Waals surface area (Å²) in [6.45, 7) is 0.786. The zero-order valence-electron chi connectivity index (χ0n) is 14.2. The second-order valence-electron chi connectivity index (χ2n) is 7.10. The van der Waals surface area contributed by atoms with Crippen LogP contribution in [0, 0.1) is 11.8 Å². The molecular formula is C18H27N3O2S. The van der Waals surface area contributed by atoms with Gasteiger partial charge < -0.3 is 10.6 Å². The summed E-state index contributed by atoms with van der Waals surface area (Å²) < 4.78 is 0. The molecule has 24 heavy (non-hydrogen) atoms. The molecule has 2 amide bonds. The number of nitrogens with zero attached hydrogens (tertiary/aromatic N) is 1. The number of thiazole rings is 1. The van der Waals surface area contributed by atoms with E-state index in [2.05, 4.69) is 15.6 Å². The molecule has 6 heteroatoms. The van der Waals surface area contributed by atoms with E-state index >= 15 is 0 Å². The van der Waals surface area contributed by atoms with Crippen LogP contribution in [-0.4, -0.2) is 23.3 Å². The lowest BCUT2D eigenvalue weighted by Gasteiger charge is -2.21. The highest BCUT2D eigenvalue weighted by Gasteiger charge is 2.23. The van der Waals surface area contributed by atoms with Gasteiger partial charge in [0.05, 0.1) is 12.1 Å². The van der Waals surface area contributed by atoms with Gasteiger partial charge in [0.2, 0.25) is 11.8 Å². The molecule has 1 aromatic heterocycles. The fraction of sp³-hybridized carbons (Fsp3) is 0.722. The van der Waals surface area contributed by atoms with E-state index in [0.29, 0.717) is 17.5 Å². The minimum atomic E-state index is 0.0274. The largest absolute Gasteiger partial charge is 0.355 e. The van der Waals surface area contributed by atoms with E-state index in [-0.39, 0.29) is 17.7 Å². The standard InChI is InChI=1S/C18H27N3O2S/c22-16(19-11-13-6-2-1-3-7-13)10-15-12-24-18(20-15)21-17(23)14-8-4-5-9-14/h12-14H,1-11H2,(H,19,22)(H,20,21,23). The second kappa shape index (κ2) is 8.60. The molecule has 0 saturated heterocycles. The number of carbonyl (C=O) groups excluding carboxylic acids is 2. The van der Waals surface area contributed by atoms with Gasteiger partial charge in [-0.05, 0) is 31.6 Å². The van der Waals surface area contributed by atoms with Crippen molar-refractivity contribution < 1.29 is 9.59 Å². The third kappa shape index (κ3) is 5.03. The van der Waals surface area contributed by atoms with Gasteiger partial charge >= 0.3 is 0 Å². The van der Waals surface area contributed by atoms with Crippen LogP contribution in [0.5, 0.6) is 0 Å². The Morgan fingerprint density at radius 1 is 1.08 bits per heavy atom. The van der Waals surface area contributed by atoms with Crippen LogP contribution in [0.2, 0.25) is 0 Å². The summed E-state index contributed by atoms with van der Waals surface area (Å²) in [6.07, 6.45) is 10.9. The number of hydrogen-bond acceptors (Lipinski definition) is 4. The zero-order valence-corrected chi connectivity index (χ0v) is 15.0. The Morgan fingerprint density at radius 2 is 1.79 bits per heavy atom. The summed E-state index contributed by atoms with van der Waals surface area (Å²) >= 11 is 1.40. The first-order chi connectivity index (χ1) is 11.7. The average Bonchev–Trinajstić information content (AvgIpc) is 3.26. The first kappa shape index (κ1) is 17.4. The summed E-state index contributed by atoms with van der Waals surface area (Å²) in [5.74, 6) is 0.880. The molecule has 0 unspecified atom stereocenters. The van der Waals surface area contributed by atoms with Crippen LogP contribution in [0.25, 0.3) is 0 Å². The number of carbonyl (C=O) groups is 2. The van der Waals surface area contributed by atoms with Crippen LogP contribution < -0.4 is 10.6 Å². The van der Waals surface area contributed by atoms with E-state index in [4.69, 9.17) is 0 Å². The topological polar surface area (TPSA) is 71.1 Å². The molecule has 1 aromatic rings. The maximum atomic E-state index is 12.1. The van der Waals surface area contributed by atoms with Crippen molar-refractivity contribution in [1.82, 2.24) is 10.3 Å². The van der Waals surface area contributed by atoms with Crippen molar-refractivity contribution in [2.24, 2.45) is 11.8 Å². The van der Waals surface area contributed by atoms with E-state index in [0.717, 1.165) is 37.9 Å². The highest BCUT2D eigenvalue weighted by Crippen LogP contribution is 2.27. The highest BCUT2D eigenvalue weighted by atomic mass is 32.1. The molecule has 0 aromatic carbocycles. The average molecular weight is 350 g/mol. The van der Waals surface area contributed by atoms with Gasteiger partial charge in [-0.15, -0.1) is 11.3 Å². The Kier molecular flexibility index (Phi) is 6.24. The van der Waals surface area contributed by atoms with Gasteiger partial charge in [-0.1, -0.05) is 32.1 Å². The molecule has 2 fully saturated rings. The highest BCUT2D eigenvalue weighted by molar-refractivity contribution is 7.13. The Balaban J connectivity index is 1.41. The van der Waals surface area contributed by atoms with Crippen LogP contribution in [0.1, 0.15) is 63.5 Å². The van der Waals surface area contributed by atoms with Crippen LogP contribution in [0.4, 0.5) is 5.13 Å². The molecule has 0 aliphatic heterocycles. The first-order valence-electron chi connectivity index (χ1n) is 9.22. The van der Waals surface area contributed by atoms with Crippen LogP contribution in [-0.2, 0) is 16.0 Å². The Hall–Kier alpha value is -1.43. The van der Waals surface area contributed by atoms with Crippen molar-refractivity contribution in [3.63, 3.8) is 0 Å². The molecule has 2 aliphatic carbocycles. The third-order valence-electron chi connectivity index (χ3n) is 5.16. The molecule has 0 spiro atoms. The predicted octanol–water partition coefficient (Wildman–Crippen LogP) is 3.51.